The molecule has 0 radical (unpaired) electrons. The van der Waals surface area contributed by atoms with Gasteiger partial charge >= 0.3 is 0 Å². The molecule has 0 aromatic heterocycles. The lowest BCUT2D eigenvalue weighted by atomic mass is 10.00. The van der Waals surface area contributed by atoms with Crippen molar-refractivity contribution in [2.45, 2.75) is 43.8 Å². The van der Waals surface area contributed by atoms with Crippen molar-refractivity contribution in [2.24, 2.45) is 5.92 Å². The first-order valence-electron chi connectivity index (χ1n) is 6.76. The number of hydrogen-bond donors (Lipinski definition) is 1. The number of piperidine rings is 1. The molecule has 1 unspecified atom stereocenters. The fourth-order valence-electron chi connectivity index (χ4n) is 2.99. The van der Waals surface area contributed by atoms with E-state index in [2.05, 4.69) is 5.32 Å². The molecular weight excluding hydrogens is 236 g/mol. The van der Waals surface area contributed by atoms with Gasteiger partial charge in [0.25, 0.3) is 0 Å². The minimum atomic E-state index is -3.03. The fraction of sp³-hybridized carbons (Fsp3) is 1.00. The van der Waals surface area contributed by atoms with Crippen LogP contribution in [0.5, 0.6) is 0 Å². The van der Waals surface area contributed by atoms with Crippen molar-refractivity contribution in [1.82, 2.24) is 9.62 Å². The maximum atomic E-state index is 12.3. The molecular formula is C12H24N2O2S. The van der Waals surface area contributed by atoms with Crippen LogP contribution in [0.3, 0.4) is 0 Å². The number of nitrogens with one attached hydrogen (secondary N) is 1. The van der Waals surface area contributed by atoms with Crippen LogP contribution in [0, 0.1) is 5.92 Å². The highest BCUT2D eigenvalue weighted by Gasteiger charge is 2.33. The molecule has 0 amide bonds. The summed E-state index contributed by atoms with van der Waals surface area (Å²) in [5.74, 6) is 0.491. The third-order valence-electron chi connectivity index (χ3n) is 4.07. The molecule has 1 saturated carbocycles. The van der Waals surface area contributed by atoms with Crippen LogP contribution in [0.25, 0.3) is 0 Å². The van der Waals surface area contributed by atoms with Gasteiger partial charge in [0.1, 0.15) is 0 Å². The highest BCUT2D eigenvalue weighted by molar-refractivity contribution is 7.89. The number of hydrogen-bond acceptors (Lipinski definition) is 3. The van der Waals surface area contributed by atoms with Gasteiger partial charge in [0.05, 0.1) is 5.25 Å². The summed E-state index contributed by atoms with van der Waals surface area (Å²) in [5.41, 5.74) is 0. The second-order valence-electron chi connectivity index (χ2n) is 5.44. The summed E-state index contributed by atoms with van der Waals surface area (Å²) in [5, 5.41) is 3.23. The summed E-state index contributed by atoms with van der Waals surface area (Å²) >= 11 is 0. The summed E-state index contributed by atoms with van der Waals surface area (Å²) < 4.78 is 26.2. The molecule has 0 aromatic rings. The number of rotatable bonds is 4. The quantitative estimate of drug-likeness (QED) is 0.826. The Morgan fingerprint density at radius 2 is 1.88 bits per heavy atom. The predicted octanol–water partition coefficient (Wildman–Crippen LogP) is 1.19. The highest BCUT2D eigenvalue weighted by atomic mass is 32.2. The van der Waals surface area contributed by atoms with Gasteiger partial charge in [-0.25, -0.2) is 12.7 Å². The van der Waals surface area contributed by atoms with E-state index in [0.29, 0.717) is 12.5 Å². The lowest BCUT2D eigenvalue weighted by Crippen LogP contribution is -2.42. The molecule has 2 aliphatic rings. The van der Waals surface area contributed by atoms with E-state index in [1.165, 1.54) is 6.42 Å². The normalized spacial score (nSPS) is 27.8. The molecule has 1 N–H and O–H groups in total. The fourth-order valence-corrected chi connectivity index (χ4v) is 4.84. The van der Waals surface area contributed by atoms with Crippen molar-refractivity contribution in [3.8, 4) is 0 Å². The molecule has 1 aliphatic heterocycles. The van der Waals surface area contributed by atoms with Crippen molar-refractivity contribution >= 4 is 10.0 Å². The molecule has 1 atom stereocenters. The maximum Gasteiger partial charge on any atom is 0.216 e. The van der Waals surface area contributed by atoms with E-state index in [-0.39, 0.29) is 5.25 Å². The van der Waals surface area contributed by atoms with E-state index in [1.54, 1.807) is 11.4 Å². The van der Waals surface area contributed by atoms with Gasteiger partial charge < -0.3 is 5.32 Å². The van der Waals surface area contributed by atoms with E-state index < -0.39 is 10.0 Å². The smallest absolute Gasteiger partial charge is 0.216 e. The lowest BCUT2D eigenvalue weighted by molar-refractivity contribution is 0.313. The lowest BCUT2D eigenvalue weighted by Gasteiger charge is -2.28. The number of sulfonamides is 1. The Hall–Kier alpha value is -0.130. The summed E-state index contributed by atoms with van der Waals surface area (Å²) in [6.45, 7) is 2.73. The van der Waals surface area contributed by atoms with Crippen LogP contribution >= 0.6 is 0 Å². The van der Waals surface area contributed by atoms with Crippen molar-refractivity contribution in [3.63, 3.8) is 0 Å². The van der Waals surface area contributed by atoms with Crippen LogP contribution in [-0.4, -0.2) is 44.7 Å². The average molecular weight is 260 g/mol. The molecule has 1 saturated heterocycles. The molecule has 1 aliphatic carbocycles. The zero-order chi connectivity index (χ0) is 12.3. The average Bonchev–Trinajstić information content (AvgIpc) is 2.84. The Bertz CT molecular complexity index is 330. The SMILES string of the molecule is CN(CC1CCCNC1)S(=O)(=O)C1CCCC1. The topological polar surface area (TPSA) is 49.4 Å². The zero-order valence-corrected chi connectivity index (χ0v) is 11.5. The van der Waals surface area contributed by atoms with Gasteiger partial charge in [0, 0.05) is 13.6 Å². The van der Waals surface area contributed by atoms with Crippen LogP contribution in [-0.2, 0) is 10.0 Å². The van der Waals surface area contributed by atoms with Gasteiger partial charge in [0.15, 0.2) is 0 Å². The first kappa shape index (κ1) is 13.3. The highest BCUT2D eigenvalue weighted by Crippen LogP contribution is 2.27. The van der Waals surface area contributed by atoms with Gasteiger partial charge in [-0.1, -0.05) is 12.8 Å². The molecule has 4 nitrogen and oxygen atoms in total. The summed E-state index contributed by atoms with van der Waals surface area (Å²) in [6.07, 6.45) is 6.18. The van der Waals surface area contributed by atoms with E-state index >= 15 is 0 Å². The predicted molar refractivity (Wildman–Crippen MR) is 69.4 cm³/mol. The van der Waals surface area contributed by atoms with E-state index in [4.69, 9.17) is 0 Å². The molecule has 2 fully saturated rings. The Balaban J connectivity index is 1.91. The van der Waals surface area contributed by atoms with Crippen molar-refractivity contribution in [3.05, 3.63) is 0 Å². The Labute approximate surface area is 105 Å². The molecule has 0 spiro atoms. The summed E-state index contributed by atoms with van der Waals surface area (Å²) in [6, 6.07) is 0. The van der Waals surface area contributed by atoms with Crippen molar-refractivity contribution < 1.29 is 8.42 Å². The van der Waals surface area contributed by atoms with Gasteiger partial charge in [-0.05, 0) is 44.7 Å². The van der Waals surface area contributed by atoms with Gasteiger partial charge in [-0.15, -0.1) is 0 Å². The summed E-state index contributed by atoms with van der Waals surface area (Å²) in [7, 11) is -1.28. The second kappa shape index (κ2) is 5.67. The standard InChI is InChI=1S/C12H24N2O2S/c1-14(10-11-5-4-8-13-9-11)17(15,16)12-6-2-3-7-12/h11-13H,2-10H2,1H3. The largest absolute Gasteiger partial charge is 0.316 e. The van der Waals surface area contributed by atoms with E-state index in [9.17, 15) is 8.42 Å². The first-order valence-corrected chi connectivity index (χ1v) is 8.27. The van der Waals surface area contributed by atoms with Crippen molar-refractivity contribution in [2.75, 3.05) is 26.7 Å². The molecule has 100 valence electrons. The van der Waals surface area contributed by atoms with Crippen LogP contribution in [0.1, 0.15) is 38.5 Å². The minimum absolute atomic E-state index is 0.107. The van der Waals surface area contributed by atoms with Crippen LogP contribution in [0.15, 0.2) is 0 Å². The first-order chi connectivity index (χ1) is 8.10. The van der Waals surface area contributed by atoms with Crippen LogP contribution < -0.4 is 5.32 Å². The number of nitrogens with zero attached hydrogens (tertiary/aromatic N) is 1. The van der Waals surface area contributed by atoms with Crippen LogP contribution in [0.4, 0.5) is 0 Å². The molecule has 0 bridgehead atoms. The van der Waals surface area contributed by atoms with Crippen LogP contribution in [0.2, 0.25) is 0 Å². The van der Waals surface area contributed by atoms with Crippen molar-refractivity contribution in [1.29, 1.82) is 0 Å². The van der Waals surface area contributed by atoms with E-state index in [0.717, 1.165) is 45.2 Å². The summed E-state index contributed by atoms with van der Waals surface area (Å²) in [4.78, 5) is 0. The molecule has 17 heavy (non-hydrogen) atoms. The Morgan fingerprint density at radius 3 is 2.47 bits per heavy atom. The Kier molecular flexibility index (Phi) is 4.44. The zero-order valence-electron chi connectivity index (χ0n) is 10.7. The molecule has 0 aromatic carbocycles. The molecule has 5 heteroatoms. The van der Waals surface area contributed by atoms with Gasteiger partial charge in [-0.3, -0.25) is 0 Å². The second-order valence-corrected chi connectivity index (χ2v) is 7.76. The maximum absolute atomic E-state index is 12.3. The monoisotopic (exact) mass is 260 g/mol. The molecule has 1 heterocycles. The Morgan fingerprint density at radius 1 is 1.18 bits per heavy atom. The van der Waals surface area contributed by atoms with Gasteiger partial charge in [-0.2, -0.15) is 0 Å². The minimum Gasteiger partial charge on any atom is -0.316 e. The molecule has 2 rings (SSSR count). The third-order valence-corrected chi connectivity index (χ3v) is 6.40. The third kappa shape index (κ3) is 3.20. The van der Waals surface area contributed by atoms with E-state index in [1.807, 2.05) is 0 Å². The van der Waals surface area contributed by atoms with Gasteiger partial charge in [0.2, 0.25) is 10.0 Å².